The van der Waals surface area contributed by atoms with Crippen molar-refractivity contribution in [2.24, 2.45) is 0 Å². The smallest absolute Gasteiger partial charge is 0.330 e. The number of carboxylic acid groups (broad SMARTS) is 2. The third-order valence-corrected chi connectivity index (χ3v) is 4.73. The first kappa shape index (κ1) is 28.6. The van der Waals surface area contributed by atoms with Gasteiger partial charge in [-0.25, -0.2) is 9.59 Å². The summed E-state index contributed by atoms with van der Waals surface area (Å²) < 4.78 is 0. The minimum Gasteiger partial charge on any atom is -0.478 e. The molecule has 0 saturated carbocycles. The van der Waals surface area contributed by atoms with E-state index in [4.69, 9.17) is 10.2 Å². The molecule has 0 bridgehead atoms. The Labute approximate surface area is 173 Å². The number of hydrogen-bond acceptors (Lipinski definition) is 2. The fourth-order valence-corrected chi connectivity index (χ4v) is 2.73. The van der Waals surface area contributed by atoms with Crippen molar-refractivity contribution in [3.8, 4) is 0 Å². The van der Waals surface area contributed by atoms with Gasteiger partial charge >= 0.3 is 11.9 Å². The van der Waals surface area contributed by atoms with Gasteiger partial charge < -0.3 is 10.2 Å². The topological polar surface area (TPSA) is 74.6 Å². The van der Waals surface area contributed by atoms with Crippen molar-refractivity contribution >= 4 is 11.9 Å². The lowest BCUT2D eigenvalue weighted by Crippen LogP contribution is -1.98. The van der Waals surface area contributed by atoms with Gasteiger partial charge in [-0.1, -0.05) is 97.1 Å². The van der Waals surface area contributed by atoms with Crippen LogP contribution in [0.5, 0.6) is 0 Å². The van der Waals surface area contributed by atoms with Gasteiger partial charge in [0.1, 0.15) is 0 Å². The van der Waals surface area contributed by atoms with E-state index >= 15 is 0 Å². The van der Waals surface area contributed by atoms with Crippen LogP contribution in [0.1, 0.15) is 117 Å². The van der Waals surface area contributed by atoms with Gasteiger partial charge in [0.2, 0.25) is 0 Å². The number of carboxylic acids is 2. The summed E-state index contributed by atoms with van der Waals surface area (Å²) in [5, 5.41) is 17.1. The Kier molecular flexibility index (Phi) is 22.2. The zero-order valence-electron chi connectivity index (χ0n) is 18.6. The van der Waals surface area contributed by atoms with Gasteiger partial charge in [0.25, 0.3) is 0 Å². The molecule has 0 saturated heterocycles. The van der Waals surface area contributed by atoms with Crippen LogP contribution in [-0.2, 0) is 9.59 Å². The van der Waals surface area contributed by atoms with E-state index in [2.05, 4.69) is 20.4 Å². The Morgan fingerprint density at radius 3 is 1.57 bits per heavy atom. The van der Waals surface area contributed by atoms with Crippen LogP contribution in [0.25, 0.3) is 0 Å². The molecule has 0 atom stereocenters. The molecule has 0 aliphatic heterocycles. The number of carbonyl (C=O) groups is 2. The van der Waals surface area contributed by atoms with Crippen molar-refractivity contribution in [3.63, 3.8) is 0 Å². The largest absolute Gasteiger partial charge is 0.478 e. The van der Waals surface area contributed by atoms with Crippen molar-refractivity contribution in [2.75, 3.05) is 0 Å². The van der Waals surface area contributed by atoms with Crippen molar-refractivity contribution in [3.05, 3.63) is 23.8 Å². The van der Waals surface area contributed by atoms with Crippen LogP contribution < -0.4 is 0 Å². The van der Waals surface area contributed by atoms with Crippen molar-refractivity contribution in [1.82, 2.24) is 0 Å². The molecule has 0 aliphatic rings. The van der Waals surface area contributed by atoms with Crippen molar-refractivity contribution in [2.45, 2.75) is 117 Å². The summed E-state index contributed by atoms with van der Waals surface area (Å²) in [7, 11) is 0. The van der Waals surface area contributed by atoms with E-state index in [1.807, 2.05) is 6.08 Å². The van der Waals surface area contributed by atoms with Gasteiger partial charge in [-0.2, -0.15) is 0 Å². The van der Waals surface area contributed by atoms with Crippen LogP contribution in [0.15, 0.2) is 23.8 Å². The summed E-state index contributed by atoms with van der Waals surface area (Å²) in [6.45, 7) is 9.43. The van der Waals surface area contributed by atoms with Crippen LogP contribution in [0.3, 0.4) is 0 Å². The molecule has 0 unspecified atom stereocenters. The van der Waals surface area contributed by atoms with Gasteiger partial charge in [-0.3, -0.25) is 0 Å². The Bertz CT molecular complexity index is 438. The second-order valence-electron chi connectivity index (χ2n) is 7.53. The number of hydrogen-bond donors (Lipinski definition) is 2. The van der Waals surface area contributed by atoms with Gasteiger partial charge in [0.05, 0.1) is 0 Å². The van der Waals surface area contributed by atoms with Crippen LogP contribution in [0, 0.1) is 0 Å². The highest BCUT2D eigenvalue weighted by Crippen LogP contribution is 2.12. The highest BCUT2D eigenvalue weighted by atomic mass is 16.4. The highest BCUT2D eigenvalue weighted by Gasteiger charge is 2.01. The molecule has 28 heavy (non-hydrogen) atoms. The zero-order valence-corrected chi connectivity index (χ0v) is 18.6. The second kappa shape index (κ2) is 21.7. The average Bonchev–Trinajstić information content (AvgIpc) is 2.66. The molecule has 0 amide bonds. The Morgan fingerprint density at radius 1 is 0.714 bits per heavy atom. The number of rotatable bonds is 17. The van der Waals surface area contributed by atoms with Gasteiger partial charge in [-0.15, -0.1) is 0 Å². The molecule has 0 radical (unpaired) electrons. The summed E-state index contributed by atoms with van der Waals surface area (Å²) in [6, 6.07) is 0. The van der Waals surface area contributed by atoms with E-state index in [-0.39, 0.29) is 0 Å². The van der Waals surface area contributed by atoms with Crippen molar-refractivity contribution < 1.29 is 19.8 Å². The van der Waals surface area contributed by atoms with E-state index in [0.717, 1.165) is 32.1 Å². The quantitative estimate of drug-likeness (QED) is 0.197. The Morgan fingerprint density at radius 2 is 1.14 bits per heavy atom. The molecule has 0 rings (SSSR count). The van der Waals surface area contributed by atoms with E-state index in [0.29, 0.717) is 17.6 Å². The van der Waals surface area contributed by atoms with Crippen LogP contribution in [0.4, 0.5) is 0 Å². The SMILES string of the molecule is C=C(CCCCC)C(=O)O.CCCCCCCCCCCCC=C(C)C(=O)O. The Hall–Kier alpha value is -1.58. The minimum atomic E-state index is -0.865. The monoisotopic (exact) mass is 396 g/mol. The maximum Gasteiger partial charge on any atom is 0.330 e. The van der Waals surface area contributed by atoms with E-state index in [1.54, 1.807) is 6.92 Å². The fraction of sp³-hybridized carbons (Fsp3) is 0.750. The summed E-state index contributed by atoms with van der Waals surface area (Å²) >= 11 is 0. The summed E-state index contributed by atoms with van der Waals surface area (Å²) in [5.74, 6) is -1.65. The summed E-state index contributed by atoms with van der Waals surface area (Å²) in [6.07, 6.45) is 19.8. The normalized spacial score (nSPS) is 10.9. The minimum absolute atomic E-state index is 0.327. The molecule has 0 aromatic rings. The molecule has 0 aliphatic carbocycles. The molecular formula is C24H44O4. The lowest BCUT2D eigenvalue weighted by Gasteiger charge is -2.01. The first-order valence-corrected chi connectivity index (χ1v) is 11.2. The van der Waals surface area contributed by atoms with Gasteiger partial charge in [-0.05, 0) is 32.6 Å². The molecule has 2 N–H and O–H groups in total. The van der Waals surface area contributed by atoms with Crippen molar-refractivity contribution in [1.29, 1.82) is 0 Å². The maximum atomic E-state index is 10.5. The van der Waals surface area contributed by atoms with E-state index in [1.165, 1.54) is 57.8 Å². The second-order valence-corrected chi connectivity index (χ2v) is 7.53. The van der Waals surface area contributed by atoms with E-state index < -0.39 is 11.9 Å². The number of allylic oxidation sites excluding steroid dienone is 1. The van der Waals surface area contributed by atoms with E-state index in [9.17, 15) is 9.59 Å². The first-order valence-electron chi connectivity index (χ1n) is 11.2. The third-order valence-electron chi connectivity index (χ3n) is 4.73. The number of unbranched alkanes of at least 4 members (excludes halogenated alkanes) is 12. The lowest BCUT2D eigenvalue weighted by atomic mass is 10.1. The average molecular weight is 397 g/mol. The highest BCUT2D eigenvalue weighted by molar-refractivity contribution is 5.86. The summed E-state index contributed by atoms with van der Waals surface area (Å²) in [4.78, 5) is 20.7. The molecule has 0 heterocycles. The third kappa shape index (κ3) is 22.5. The lowest BCUT2D eigenvalue weighted by molar-refractivity contribution is -0.133. The first-order chi connectivity index (χ1) is 13.4. The maximum absolute atomic E-state index is 10.5. The predicted molar refractivity (Wildman–Crippen MR) is 119 cm³/mol. The van der Waals surface area contributed by atoms with Crippen LogP contribution in [0.2, 0.25) is 0 Å². The van der Waals surface area contributed by atoms with Crippen LogP contribution >= 0.6 is 0 Å². The molecular weight excluding hydrogens is 352 g/mol. The molecule has 4 heteroatoms. The molecule has 0 fully saturated rings. The summed E-state index contributed by atoms with van der Waals surface area (Å²) in [5.41, 5.74) is 0.805. The fourth-order valence-electron chi connectivity index (χ4n) is 2.73. The predicted octanol–water partition coefficient (Wildman–Crippen LogP) is 7.54. The van der Waals surface area contributed by atoms with Gasteiger partial charge in [0, 0.05) is 11.1 Å². The molecule has 164 valence electrons. The zero-order chi connectivity index (χ0) is 21.6. The van der Waals surface area contributed by atoms with Gasteiger partial charge in [0.15, 0.2) is 0 Å². The Balaban J connectivity index is 0. The molecule has 0 aromatic carbocycles. The standard InChI is InChI=1S/C16H30O2.C8H14O2/c1-3-4-5-6-7-8-9-10-11-12-13-14-15(2)16(17)18;1-3-4-5-6-7(2)8(9)10/h14H,3-13H2,1-2H3,(H,17,18);2-6H2,1H3,(H,9,10). The molecule has 4 nitrogen and oxygen atoms in total. The molecule has 0 aromatic heterocycles. The number of aliphatic carboxylic acids is 2. The molecule has 0 spiro atoms. The van der Waals surface area contributed by atoms with Crippen LogP contribution in [-0.4, -0.2) is 22.2 Å².